The van der Waals surface area contributed by atoms with Crippen LogP contribution < -0.4 is 4.90 Å². The molecule has 2 aromatic heterocycles. The van der Waals surface area contributed by atoms with Crippen molar-refractivity contribution in [2.45, 2.75) is 25.7 Å². The van der Waals surface area contributed by atoms with Crippen molar-refractivity contribution < 1.29 is 18.8 Å². The zero-order valence-electron chi connectivity index (χ0n) is 15.4. The number of aryl methyl sites for hydroxylation is 1. The molecule has 0 fully saturated rings. The minimum absolute atomic E-state index is 0.0579. The Balaban J connectivity index is 1.34. The van der Waals surface area contributed by atoms with Crippen LogP contribution in [0.25, 0.3) is 10.7 Å². The molecule has 0 N–H and O–H groups in total. The molecule has 0 saturated heterocycles. The van der Waals surface area contributed by atoms with Gasteiger partial charge < -0.3 is 14.2 Å². The van der Waals surface area contributed by atoms with Gasteiger partial charge in [0.1, 0.15) is 0 Å². The van der Waals surface area contributed by atoms with Crippen LogP contribution in [0.3, 0.4) is 0 Å². The number of aromatic nitrogens is 2. The van der Waals surface area contributed by atoms with Crippen molar-refractivity contribution in [1.29, 1.82) is 0 Å². The number of thiophene rings is 1. The smallest absolute Gasteiger partial charge is 0.337 e. The number of carbonyl (C=O) groups is 2. The van der Waals surface area contributed by atoms with E-state index in [9.17, 15) is 9.59 Å². The molecular weight excluding hydrogens is 378 g/mol. The van der Waals surface area contributed by atoms with E-state index in [-0.39, 0.29) is 11.9 Å². The van der Waals surface area contributed by atoms with E-state index in [4.69, 9.17) is 9.26 Å². The SMILES string of the molecule is COC(=O)c1ccc2c(c1)CCN2C(=O)CCCc1nc(-c2cccs2)no1. The van der Waals surface area contributed by atoms with Gasteiger partial charge in [-0.2, -0.15) is 4.98 Å². The highest BCUT2D eigenvalue weighted by Gasteiger charge is 2.25. The number of ether oxygens (including phenoxy) is 1. The quantitative estimate of drug-likeness (QED) is 0.592. The summed E-state index contributed by atoms with van der Waals surface area (Å²) in [5.41, 5.74) is 2.37. The number of fused-ring (bicyclic) bond motifs is 1. The minimum atomic E-state index is -0.367. The highest BCUT2D eigenvalue weighted by molar-refractivity contribution is 7.13. The van der Waals surface area contributed by atoms with Gasteiger partial charge in [0.25, 0.3) is 0 Å². The first-order chi connectivity index (χ1) is 13.7. The van der Waals surface area contributed by atoms with E-state index in [0.29, 0.717) is 43.1 Å². The van der Waals surface area contributed by atoms with Crippen LogP contribution in [0.2, 0.25) is 0 Å². The molecule has 0 aliphatic carbocycles. The number of nitrogens with zero attached hydrogens (tertiary/aromatic N) is 3. The topological polar surface area (TPSA) is 85.5 Å². The molecule has 0 bridgehead atoms. The molecule has 3 heterocycles. The molecular formula is C20H19N3O4S. The van der Waals surface area contributed by atoms with Gasteiger partial charge in [-0.3, -0.25) is 4.79 Å². The third-order valence-corrected chi connectivity index (χ3v) is 5.55. The van der Waals surface area contributed by atoms with Gasteiger partial charge in [-0.25, -0.2) is 4.79 Å². The molecule has 1 amide bonds. The van der Waals surface area contributed by atoms with Crippen LogP contribution in [-0.4, -0.2) is 35.7 Å². The van der Waals surface area contributed by atoms with Crippen LogP contribution in [0.4, 0.5) is 5.69 Å². The maximum absolute atomic E-state index is 12.6. The lowest BCUT2D eigenvalue weighted by molar-refractivity contribution is -0.118. The summed E-state index contributed by atoms with van der Waals surface area (Å²) >= 11 is 1.56. The zero-order chi connectivity index (χ0) is 19.5. The van der Waals surface area contributed by atoms with Crippen molar-refractivity contribution in [3.05, 3.63) is 52.7 Å². The fraction of sp³-hybridized carbons (Fsp3) is 0.300. The van der Waals surface area contributed by atoms with Gasteiger partial charge in [-0.1, -0.05) is 11.2 Å². The first-order valence-corrected chi connectivity index (χ1v) is 9.92. The summed E-state index contributed by atoms with van der Waals surface area (Å²) in [5, 5.41) is 5.95. The van der Waals surface area contributed by atoms with Crippen LogP contribution >= 0.6 is 11.3 Å². The lowest BCUT2D eigenvalue weighted by atomic mass is 10.1. The molecule has 7 nitrogen and oxygen atoms in total. The normalized spacial score (nSPS) is 12.8. The Bertz CT molecular complexity index is 997. The largest absolute Gasteiger partial charge is 0.465 e. The molecule has 0 radical (unpaired) electrons. The number of hydrogen-bond acceptors (Lipinski definition) is 7. The monoisotopic (exact) mass is 397 g/mol. The van der Waals surface area contributed by atoms with Crippen molar-refractivity contribution in [2.75, 3.05) is 18.6 Å². The fourth-order valence-corrected chi connectivity index (χ4v) is 3.94. The van der Waals surface area contributed by atoms with E-state index >= 15 is 0 Å². The van der Waals surface area contributed by atoms with Gasteiger partial charge in [-0.15, -0.1) is 11.3 Å². The molecule has 4 rings (SSSR count). The average Bonchev–Trinajstić information content (AvgIpc) is 3.46. The van der Waals surface area contributed by atoms with Crippen molar-refractivity contribution in [3.8, 4) is 10.7 Å². The summed E-state index contributed by atoms with van der Waals surface area (Å²) in [6.45, 7) is 0.627. The highest BCUT2D eigenvalue weighted by atomic mass is 32.1. The fourth-order valence-electron chi connectivity index (χ4n) is 3.29. The summed E-state index contributed by atoms with van der Waals surface area (Å²) in [5.74, 6) is 0.823. The summed E-state index contributed by atoms with van der Waals surface area (Å²) in [7, 11) is 1.36. The Morgan fingerprint density at radius 3 is 3.00 bits per heavy atom. The molecule has 0 atom stereocenters. The van der Waals surface area contributed by atoms with Gasteiger partial charge in [-0.05, 0) is 48.1 Å². The molecule has 3 aromatic rings. The molecule has 0 unspecified atom stereocenters. The standard InChI is InChI=1S/C20H19N3O4S/c1-26-20(25)14-7-8-15-13(12-14)9-10-23(15)18(24)6-2-5-17-21-19(22-27-17)16-4-3-11-28-16/h3-4,7-8,11-12H,2,5-6,9-10H2,1H3. The number of esters is 1. The number of amides is 1. The Hall–Kier alpha value is -3.00. The van der Waals surface area contributed by atoms with Gasteiger partial charge in [0.05, 0.1) is 17.6 Å². The van der Waals surface area contributed by atoms with Crippen molar-refractivity contribution in [2.24, 2.45) is 0 Å². The Morgan fingerprint density at radius 2 is 2.21 bits per heavy atom. The number of rotatable bonds is 6. The summed E-state index contributed by atoms with van der Waals surface area (Å²) in [6, 6.07) is 9.20. The maximum Gasteiger partial charge on any atom is 0.337 e. The summed E-state index contributed by atoms with van der Waals surface area (Å²) in [6.07, 6.45) is 2.33. The Labute approximate surface area is 165 Å². The van der Waals surface area contributed by atoms with Crippen molar-refractivity contribution >= 4 is 28.9 Å². The van der Waals surface area contributed by atoms with Gasteiger partial charge in [0.2, 0.25) is 17.6 Å². The predicted molar refractivity (Wildman–Crippen MR) is 104 cm³/mol. The first-order valence-electron chi connectivity index (χ1n) is 9.04. The molecule has 1 aliphatic heterocycles. The predicted octanol–water partition coefficient (Wildman–Crippen LogP) is 3.50. The van der Waals surface area contributed by atoms with Crippen LogP contribution in [0.1, 0.15) is 34.7 Å². The molecule has 1 aliphatic rings. The van der Waals surface area contributed by atoms with Crippen molar-refractivity contribution in [3.63, 3.8) is 0 Å². The van der Waals surface area contributed by atoms with Gasteiger partial charge in [0, 0.05) is 25.1 Å². The van der Waals surface area contributed by atoms with Crippen LogP contribution in [0, 0.1) is 0 Å². The lowest BCUT2D eigenvalue weighted by Crippen LogP contribution is -2.28. The molecule has 28 heavy (non-hydrogen) atoms. The second-order valence-corrected chi connectivity index (χ2v) is 7.42. The van der Waals surface area contributed by atoms with E-state index in [1.807, 2.05) is 23.6 Å². The zero-order valence-corrected chi connectivity index (χ0v) is 16.2. The molecule has 144 valence electrons. The van der Waals surface area contributed by atoms with E-state index in [1.165, 1.54) is 7.11 Å². The van der Waals surface area contributed by atoms with Gasteiger partial charge >= 0.3 is 5.97 Å². The lowest BCUT2D eigenvalue weighted by Gasteiger charge is -2.17. The molecule has 1 aromatic carbocycles. The van der Waals surface area contributed by atoms with Crippen LogP contribution in [0.5, 0.6) is 0 Å². The summed E-state index contributed by atoms with van der Waals surface area (Å²) in [4.78, 5) is 31.4. The highest BCUT2D eigenvalue weighted by Crippen LogP contribution is 2.30. The number of benzene rings is 1. The minimum Gasteiger partial charge on any atom is -0.465 e. The number of anilines is 1. The third kappa shape index (κ3) is 3.68. The van der Waals surface area contributed by atoms with E-state index in [1.54, 1.807) is 28.4 Å². The second-order valence-electron chi connectivity index (χ2n) is 6.47. The van der Waals surface area contributed by atoms with E-state index in [0.717, 1.165) is 22.5 Å². The van der Waals surface area contributed by atoms with E-state index < -0.39 is 0 Å². The van der Waals surface area contributed by atoms with Crippen LogP contribution in [-0.2, 0) is 22.4 Å². The molecule has 0 saturated carbocycles. The number of hydrogen-bond donors (Lipinski definition) is 0. The molecule has 0 spiro atoms. The average molecular weight is 397 g/mol. The Kier molecular flexibility index (Phi) is 5.21. The summed E-state index contributed by atoms with van der Waals surface area (Å²) < 4.78 is 10.0. The van der Waals surface area contributed by atoms with Crippen LogP contribution in [0.15, 0.2) is 40.2 Å². The third-order valence-electron chi connectivity index (χ3n) is 4.69. The van der Waals surface area contributed by atoms with E-state index in [2.05, 4.69) is 10.1 Å². The maximum atomic E-state index is 12.6. The van der Waals surface area contributed by atoms with Gasteiger partial charge in [0.15, 0.2) is 0 Å². The van der Waals surface area contributed by atoms with Crippen molar-refractivity contribution in [1.82, 2.24) is 10.1 Å². The number of carbonyl (C=O) groups excluding carboxylic acids is 2. The molecule has 8 heteroatoms. The second kappa shape index (κ2) is 7.93. The Morgan fingerprint density at radius 1 is 1.32 bits per heavy atom. The number of methoxy groups -OCH3 is 1. The first kappa shape index (κ1) is 18.4.